The molecule has 4 rings (SSSR count). The Kier molecular flexibility index (Phi) is 6.12. The monoisotopic (exact) mass is 468 g/mol. The maximum absolute atomic E-state index is 12.2. The van der Waals surface area contributed by atoms with E-state index in [4.69, 9.17) is 5.73 Å². The van der Waals surface area contributed by atoms with Gasteiger partial charge in [0.05, 0.1) is 16.8 Å². The van der Waals surface area contributed by atoms with Gasteiger partial charge in [0.2, 0.25) is 11.8 Å². The van der Waals surface area contributed by atoms with Crippen molar-refractivity contribution in [2.75, 3.05) is 10.6 Å². The summed E-state index contributed by atoms with van der Waals surface area (Å²) >= 11 is 0. The summed E-state index contributed by atoms with van der Waals surface area (Å²) in [5.41, 5.74) is 11.0. The normalized spacial score (nSPS) is 10.7. The van der Waals surface area contributed by atoms with E-state index >= 15 is 0 Å². The molecule has 0 radical (unpaired) electrons. The molecule has 176 valence electrons. The Bertz CT molecular complexity index is 1520. The predicted molar refractivity (Wildman–Crippen MR) is 137 cm³/mol. The zero-order chi connectivity index (χ0) is 25.3. The standard InChI is InChI=1S/C27H24N4O4/c1-4-25(34)30-22-7-5-6-17(14(22)2)18-9-10-19(27(28)35)26-20(18)13-23(31-26)21-12-16(29-15(3)32)8-11-24(21)33/h4-13,31,33H,1H2,2-3H3,(H2,28,35)(H,29,32)(H,30,34). The second-order valence-corrected chi connectivity index (χ2v) is 8.08. The van der Waals surface area contributed by atoms with Gasteiger partial charge in [0.15, 0.2) is 0 Å². The van der Waals surface area contributed by atoms with Crippen LogP contribution in [0, 0.1) is 6.92 Å². The Morgan fingerprint density at radius 2 is 1.77 bits per heavy atom. The number of aromatic nitrogens is 1. The van der Waals surface area contributed by atoms with E-state index in [2.05, 4.69) is 22.2 Å². The van der Waals surface area contributed by atoms with Crippen molar-refractivity contribution in [3.05, 3.63) is 78.4 Å². The first kappa shape index (κ1) is 23.3. The largest absolute Gasteiger partial charge is 0.507 e. The van der Waals surface area contributed by atoms with Crippen LogP contribution in [0.4, 0.5) is 11.4 Å². The zero-order valence-electron chi connectivity index (χ0n) is 19.2. The number of H-pyrrole nitrogens is 1. The molecule has 1 aromatic heterocycles. The molecule has 0 aliphatic carbocycles. The van der Waals surface area contributed by atoms with E-state index in [9.17, 15) is 19.5 Å². The molecule has 1 heterocycles. The average molecular weight is 469 g/mol. The third-order valence-corrected chi connectivity index (χ3v) is 5.73. The van der Waals surface area contributed by atoms with Gasteiger partial charge < -0.3 is 26.5 Å². The van der Waals surface area contributed by atoms with Gasteiger partial charge >= 0.3 is 0 Å². The summed E-state index contributed by atoms with van der Waals surface area (Å²) in [6.07, 6.45) is 1.20. The maximum atomic E-state index is 12.2. The van der Waals surface area contributed by atoms with Crippen LogP contribution >= 0.6 is 0 Å². The van der Waals surface area contributed by atoms with Crippen molar-refractivity contribution in [3.63, 3.8) is 0 Å². The topological polar surface area (TPSA) is 137 Å². The molecule has 3 aromatic carbocycles. The first-order chi connectivity index (χ1) is 16.7. The van der Waals surface area contributed by atoms with Gasteiger partial charge in [-0.2, -0.15) is 0 Å². The molecule has 4 aromatic rings. The molecule has 0 saturated carbocycles. The number of aromatic hydroxyl groups is 1. The van der Waals surface area contributed by atoms with E-state index in [1.54, 1.807) is 30.3 Å². The highest BCUT2D eigenvalue weighted by molar-refractivity contribution is 6.11. The number of aromatic amines is 1. The van der Waals surface area contributed by atoms with Crippen LogP contribution < -0.4 is 16.4 Å². The molecular weight excluding hydrogens is 444 g/mol. The van der Waals surface area contributed by atoms with E-state index in [0.29, 0.717) is 39.1 Å². The number of benzene rings is 3. The van der Waals surface area contributed by atoms with Crippen LogP contribution in [0.1, 0.15) is 22.8 Å². The predicted octanol–water partition coefficient (Wildman–Crippen LogP) is 4.70. The minimum atomic E-state index is -0.602. The fourth-order valence-electron chi connectivity index (χ4n) is 4.08. The molecular formula is C27H24N4O4. The highest BCUT2D eigenvalue weighted by atomic mass is 16.3. The minimum absolute atomic E-state index is 0.00171. The van der Waals surface area contributed by atoms with Crippen LogP contribution in [0.15, 0.2) is 67.3 Å². The molecule has 0 atom stereocenters. The van der Waals surface area contributed by atoms with Crippen LogP contribution in [0.25, 0.3) is 33.3 Å². The van der Waals surface area contributed by atoms with Crippen molar-refractivity contribution in [1.29, 1.82) is 0 Å². The number of carbonyl (C=O) groups excluding carboxylic acids is 3. The van der Waals surface area contributed by atoms with E-state index in [0.717, 1.165) is 16.7 Å². The summed E-state index contributed by atoms with van der Waals surface area (Å²) in [4.78, 5) is 38.7. The highest BCUT2D eigenvalue weighted by Gasteiger charge is 2.18. The number of amides is 3. The molecule has 8 heteroatoms. The minimum Gasteiger partial charge on any atom is -0.507 e. The van der Waals surface area contributed by atoms with Gasteiger partial charge in [0, 0.05) is 29.2 Å². The number of phenolic OH excluding ortho intramolecular Hbond substituents is 1. The van der Waals surface area contributed by atoms with Crippen molar-refractivity contribution >= 4 is 40.0 Å². The van der Waals surface area contributed by atoms with Crippen LogP contribution in [0.3, 0.4) is 0 Å². The molecule has 0 aliphatic rings. The fraction of sp³-hybridized carbons (Fsp3) is 0.0741. The molecule has 0 spiro atoms. The van der Waals surface area contributed by atoms with E-state index < -0.39 is 5.91 Å². The lowest BCUT2D eigenvalue weighted by molar-refractivity contribution is -0.114. The third-order valence-electron chi connectivity index (χ3n) is 5.73. The quantitative estimate of drug-likeness (QED) is 0.207. The van der Waals surface area contributed by atoms with Crippen LogP contribution in [-0.4, -0.2) is 27.8 Å². The second kappa shape index (κ2) is 9.18. The Morgan fingerprint density at radius 3 is 2.46 bits per heavy atom. The van der Waals surface area contributed by atoms with E-state index in [-0.39, 0.29) is 17.6 Å². The Balaban J connectivity index is 1.94. The van der Waals surface area contributed by atoms with Gasteiger partial charge in [0.25, 0.3) is 5.91 Å². The van der Waals surface area contributed by atoms with Crippen molar-refractivity contribution in [3.8, 4) is 28.1 Å². The lowest BCUT2D eigenvalue weighted by Gasteiger charge is -2.13. The molecule has 0 aliphatic heterocycles. The number of anilines is 2. The number of hydrogen-bond acceptors (Lipinski definition) is 4. The van der Waals surface area contributed by atoms with Gasteiger partial charge in [-0.15, -0.1) is 0 Å². The number of hydrogen-bond donors (Lipinski definition) is 5. The first-order valence-electron chi connectivity index (χ1n) is 10.8. The molecule has 0 bridgehead atoms. The summed E-state index contributed by atoms with van der Waals surface area (Å²) in [5, 5.41) is 16.7. The molecule has 6 N–H and O–H groups in total. The van der Waals surface area contributed by atoms with Gasteiger partial charge in [-0.25, -0.2) is 0 Å². The summed E-state index contributed by atoms with van der Waals surface area (Å²) < 4.78 is 0. The summed E-state index contributed by atoms with van der Waals surface area (Å²) in [6.45, 7) is 6.78. The molecule has 35 heavy (non-hydrogen) atoms. The van der Waals surface area contributed by atoms with Gasteiger partial charge in [-0.3, -0.25) is 14.4 Å². The number of phenols is 1. The Morgan fingerprint density at radius 1 is 1.00 bits per heavy atom. The maximum Gasteiger partial charge on any atom is 0.250 e. The van der Waals surface area contributed by atoms with Crippen LogP contribution in [-0.2, 0) is 9.59 Å². The van der Waals surface area contributed by atoms with Crippen LogP contribution in [0.2, 0.25) is 0 Å². The number of fused-ring (bicyclic) bond motifs is 1. The van der Waals surface area contributed by atoms with Gasteiger partial charge in [0.1, 0.15) is 5.75 Å². The molecule has 3 amide bonds. The molecule has 8 nitrogen and oxygen atoms in total. The number of primary amides is 1. The van der Waals surface area contributed by atoms with Crippen molar-refractivity contribution in [2.45, 2.75) is 13.8 Å². The number of carbonyl (C=O) groups is 3. The zero-order valence-corrected chi connectivity index (χ0v) is 19.2. The van der Waals surface area contributed by atoms with Gasteiger partial charge in [-0.05, 0) is 66.1 Å². The van der Waals surface area contributed by atoms with Gasteiger partial charge in [-0.1, -0.05) is 24.8 Å². The Labute approximate surface area is 201 Å². The van der Waals surface area contributed by atoms with E-state index in [1.807, 2.05) is 25.1 Å². The third kappa shape index (κ3) is 4.49. The molecule has 0 saturated heterocycles. The fourth-order valence-corrected chi connectivity index (χ4v) is 4.08. The van der Waals surface area contributed by atoms with Crippen molar-refractivity contribution < 1.29 is 19.5 Å². The first-order valence-corrected chi connectivity index (χ1v) is 10.8. The summed E-state index contributed by atoms with van der Waals surface area (Å²) in [7, 11) is 0. The van der Waals surface area contributed by atoms with E-state index in [1.165, 1.54) is 19.1 Å². The second-order valence-electron chi connectivity index (χ2n) is 8.08. The lowest BCUT2D eigenvalue weighted by Crippen LogP contribution is -2.11. The highest BCUT2D eigenvalue weighted by Crippen LogP contribution is 2.39. The number of nitrogens with one attached hydrogen (secondary N) is 3. The smallest absolute Gasteiger partial charge is 0.250 e. The molecule has 0 unspecified atom stereocenters. The van der Waals surface area contributed by atoms with Crippen molar-refractivity contribution in [1.82, 2.24) is 4.98 Å². The SMILES string of the molecule is C=CC(=O)Nc1cccc(-c2ccc(C(N)=O)c3[nH]c(-c4cc(NC(C)=O)ccc4O)cc23)c1C. The summed E-state index contributed by atoms with van der Waals surface area (Å²) in [5.74, 6) is -1.17. The number of nitrogens with two attached hydrogens (primary N) is 1. The van der Waals surface area contributed by atoms with Crippen LogP contribution in [0.5, 0.6) is 5.75 Å². The Hall–Kier alpha value is -4.85. The molecule has 0 fully saturated rings. The number of rotatable bonds is 6. The lowest BCUT2D eigenvalue weighted by atomic mass is 9.94. The summed E-state index contributed by atoms with van der Waals surface area (Å²) in [6, 6.07) is 15.5. The average Bonchev–Trinajstić information content (AvgIpc) is 3.25. The van der Waals surface area contributed by atoms with Crippen molar-refractivity contribution in [2.24, 2.45) is 5.73 Å².